The quantitative estimate of drug-likeness (QED) is 0.874. The lowest BCUT2D eigenvalue weighted by molar-refractivity contribution is 0.136. The number of carbonyl (C=O) groups is 1. The van der Waals surface area contributed by atoms with Gasteiger partial charge in [0.2, 0.25) is 0 Å². The van der Waals surface area contributed by atoms with Crippen molar-refractivity contribution in [2.24, 2.45) is 5.92 Å². The summed E-state index contributed by atoms with van der Waals surface area (Å²) in [6.07, 6.45) is 3.62. The van der Waals surface area contributed by atoms with Gasteiger partial charge >= 0.3 is 6.03 Å². The first kappa shape index (κ1) is 13.9. The number of urea groups is 1. The first-order valence-corrected chi connectivity index (χ1v) is 6.82. The molecule has 0 saturated carbocycles. The second-order valence-electron chi connectivity index (χ2n) is 5.32. The number of anilines is 1. The van der Waals surface area contributed by atoms with Crippen LogP contribution < -0.4 is 5.32 Å². The molecule has 106 valence electrons. The molecule has 2 heterocycles. The number of hydrogen-bond acceptors (Lipinski definition) is 3. The predicted molar refractivity (Wildman–Crippen MR) is 73.0 cm³/mol. The molecule has 19 heavy (non-hydrogen) atoms. The van der Waals surface area contributed by atoms with Crippen molar-refractivity contribution < 1.29 is 9.90 Å². The molecular formula is C13H22N4O2. The Labute approximate surface area is 113 Å². The Morgan fingerprint density at radius 3 is 3.11 bits per heavy atom. The number of aliphatic hydroxyl groups excluding tert-OH is 1. The molecule has 1 saturated heterocycles. The number of aromatic nitrogens is 2. The minimum atomic E-state index is -0.111. The van der Waals surface area contributed by atoms with Gasteiger partial charge < -0.3 is 10.0 Å². The van der Waals surface area contributed by atoms with Crippen molar-refractivity contribution in [3.8, 4) is 0 Å². The summed E-state index contributed by atoms with van der Waals surface area (Å²) in [4.78, 5) is 14.0. The number of piperidine rings is 1. The number of carbonyl (C=O) groups excluding carboxylic acids is 1. The molecule has 2 rings (SSSR count). The molecule has 1 aliphatic rings. The lowest BCUT2D eigenvalue weighted by Gasteiger charge is -2.31. The number of aliphatic hydroxyl groups is 1. The van der Waals surface area contributed by atoms with Crippen LogP contribution in [0.5, 0.6) is 0 Å². The molecule has 1 aromatic rings. The second kappa shape index (κ2) is 6.06. The number of nitrogens with one attached hydrogen (secondary N) is 1. The van der Waals surface area contributed by atoms with Crippen LogP contribution in [0, 0.1) is 5.92 Å². The number of rotatable bonds is 3. The van der Waals surface area contributed by atoms with Crippen LogP contribution in [0.3, 0.4) is 0 Å². The standard InChI is InChI=1S/C13H22N4O2/c1-10(2)17-12(5-6-14-17)15-13(19)16-7-3-4-11(8-16)9-18/h5-6,10-11,18H,3-4,7-9H2,1-2H3,(H,15,19)/t11-/m0/s1. The Morgan fingerprint density at radius 1 is 1.63 bits per heavy atom. The molecule has 2 N–H and O–H groups in total. The van der Waals surface area contributed by atoms with Crippen LogP contribution in [0.1, 0.15) is 32.7 Å². The number of nitrogens with zero attached hydrogens (tertiary/aromatic N) is 3. The van der Waals surface area contributed by atoms with E-state index in [9.17, 15) is 9.90 Å². The topological polar surface area (TPSA) is 70.4 Å². The van der Waals surface area contributed by atoms with E-state index < -0.39 is 0 Å². The van der Waals surface area contributed by atoms with Crippen LogP contribution in [0.25, 0.3) is 0 Å². The zero-order valence-electron chi connectivity index (χ0n) is 11.5. The zero-order valence-corrected chi connectivity index (χ0v) is 11.5. The molecule has 0 spiro atoms. The average molecular weight is 266 g/mol. The van der Waals surface area contributed by atoms with E-state index in [1.165, 1.54) is 0 Å². The van der Waals surface area contributed by atoms with E-state index in [0.29, 0.717) is 12.4 Å². The lowest BCUT2D eigenvalue weighted by Crippen LogP contribution is -2.43. The highest BCUT2D eigenvalue weighted by Crippen LogP contribution is 2.18. The molecule has 0 unspecified atom stereocenters. The Morgan fingerprint density at radius 2 is 2.42 bits per heavy atom. The molecule has 1 atom stereocenters. The first-order valence-electron chi connectivity index (χ1n) is 6.82. The molecule has 0 aromatic carbocycles. The number of hydrogen-bond donors (Lipinski definition) is 2. The van der Waals surface area contributed by atoms with Crippen molar-refractivity contribution in [2.45, 2.75) is 32.7 Å². The van der Waals surface area contributed by atoms with Crippen LogP contribution in [0.15, 0.2) is 12.3 Å². The molecule has 6 heteroatoms. The van der Waals surface area contributed by atoms with Crippen LogP contribution >= 0.6 is 0 Å². The minimum Gasteiger partial charge on any atom is -0.396 e. The van der Waals surface area contributed by atoms with E-state index in [-0.39, 0.29) is 24.6 Å². The van der Waals surface area contributed by atoms with Crippen molar-refractivity contribution in [1.29, 1.82) is 0 Å². The summed E-state index contributed by atoms with van der Waals surface area (Å²) in [5, 5.41) is 16.3. The van der Waals surface area contributed by atoms with E-state index in [0.717, 1.165) is 19.4 Å². The molecule has 1 fully saturated rings. The van der Waals surface area contributed by atoms with E-state index in [4.69, 9.17) is 0 Å². The Balaban J connectivity index is 1.98. The zero-order chi connectivity index (χ0) is 13.8. The largest absolute Gasteiger partial charge is 0.396 e. The van der Waals surface area contributed by atoms with Crippen LogP contribution in [0.4, 0.5) is 10.6 Å². The fourth-order valence-corrected chi connectivity index (χ4v) is 2.41. The van der Waals surface area contributed by atoms with Crippen LogP contribution in [-0.2, 0) is 0 Å². The van der Waals surface area contributed by atoms with Crippen molar-refractivity contribution in [2.75, 3.05) is 25.0 Å². The lowest BCUT2D eigenvalue weighted by atomic mass is 9.99. The fourth-order valence-electron chi connectivity index (χ4n) is 2.41. The Bertz CT molecular complexity index is 430. The monoisotopic (exact) mass is 266 g/mol. The summed E-state index contributed by atoms with van der Waals surface area (Å²) in [5.74, 6) is 0.917. The third-order valence-electron chi connectivity index (χ3n) is 3.46. The molecular weight excluding hydrogens is 244 g/mol. The first-order chi connectivity index (χ1) is 9.11. The summed E-state index contributed by atoms with van der Waals surface area (Å²) < 4.78 is 1.78. The smallest absolute Gasteiger partial charge is 0.323 e. The van der Waals surface area contributed by atoms with Gasteiger partial charge in [-0.25, -0.2) is 9.48 Å². The van der Waals surface area contributed by atoms with Gasteiger partial charge in [-0.15, -0.1) is 0 Å². The summed E-state index contributed by atoms with van der Waals surface area (Å²) in [6, 6.07) is 1.89. The maximum atomic E-state index is 12.2. The van der Waals surface area contributed by atoms with Gasteiger partial charge in [-0.1, -0.05) is 0 Å². The SMILES string of the molecule is CC(C)n1nccc1NC(=O)N1CCC[C@H](CO)C1. The highest BCUT2D eigenvalue weighted by atomic mass is 16.3. The van der Waals surface area contributed by atoms with Gasteiger partial charge in [0.15, 0.2) is 0 Å². The van der Waals surface area contributed by atoms with Gasteiger partial charge in [0, 0.05) is 31.8 Å². The summed E-state index contributed by atoms with van der Waals surface area (Å²) in [5.41, 5.74) is 0. The molecule has 1 aromatic heterocycles. The van der Waals surface area contributed by atoms with Crippen molar-refractivity contribution in [3.05, 3.63) is 12.3 Å². The predicted octanol–water partition coefficient (Wildman–Crippen LogP) is 1.70. The van der Waals surface area contributed by atoms with Crippen molar-refractivity contribution in [3.63, 3.8) is 0 Å². The van der Waals surface area contributed by atoms with Crippen LogP contribution in [-0.4, -0.2) is 45.5 Å². The molecule has 2 amide bonds. The van der Waals surface area contributed by atoms with Crippen molar-refractivity contribution >= 4 is 11.8 Å². The Hall–Kier alpha value is -1.56. The molecule has 6 nitrogen and oxygen atoms in total. The minimum absolute atomic E-state index is 0.111. The van der Waals surface area contributed by atoms with E-state index in [1.807, 2.05) is 13.8 Å². The molecule has 0 radical (unpaired) electrons. The maximum absolute atomic E-state index is 12.2. The summed E-state index contributed by atoms with van der Waals surface area (Å²) >= 11 is 0. The Kier molecular flexibility index (Phi) is 4.42. The highest BCUT2D eigenvalue weighted by molar-refractivity contribution is 5.88. The highest BCUT2D eigenvalue weighted by Gasteiger charge is 2.23. The number of amides is 2. The number of likely N-dealkylation sites (tertiary alicyclic amines) is 1. The van der Waals surface area contributed by atoms with Crippen molar-refractivity contribution in [1.82, 2.24) is 14.7 Å². The second-order valence-corrected chi connectivity index (χ2v) is 5.32. The summed E-state index contributed by atoms with van der Waals surface area (Å²) in [7, 11) is 0. The van der Waals surface area contributed by atoms with Gasteiger partial charge in [0.25, 0.3) is 0 Å². The molecule has 0 bridgehead atoms. The van der Waals surface area contributed by atoms with Gasteiger partial charge in [-0.05, 0) is 32.6 Å². The van der Waals surface area contributed by atoms with Gasteiger partial charge in [0.05, 0.1) is 6.20 Å². The van der Waals surface area contributed by atoms with Crippen LogP contribution in [0.2, 0.25) is 0 Å². The van der Waals surface area contributed by atoms with Gasteiger partial charge in [-0.3, -0.25) is 5.32 Å². The van der Waals surface area contributed by atoms with E-state index in [1.54, 1.807) is 21.8 Å². The normalized spacial score (nSPS) is 19.8. The maximum Gasteiger partial charge on any atom is 0.323 e. The fraction of sp³-hybridized carbons (Fsp3) is 0.692. The summed E-state index contributed by atoms with van der Waals surface area (Å²) in [6.45, 7) is 5.56. The third-order valence-corrected chi connectivity index (χ3v) is 3.46. The molecule has 1 aliphatic heterocycles. The van der Waals surface area contributed by atoms with E-state index in [2.05, 4.69) is 10.4 Å². The van der Waals surface area contributed by atoms with Gasteiger partial charge in [-0.2, -0.15) is 5.10 Å². The van der Waals surface area contributed by atoms with Gasteiger partial charge in [0.1, 0.15) is 5.82 Å². The van der Waals surface area contributed by atoms with E-state index >= 15 is 0 Å². The average Bonchev–Trinajstić information content (AvgIpc) is 2.87. The third kappa shape index (κ3) is 3.26. The molecule has 0 aliphatic carbocycles.